The van der Waals surface area contributed by atoms with Crippen molar-refractivity contribution in [2.24, 2.45) is 0 Å². The molecule has 0 spiro atoms. The van der Waals surface area contributed by atoms with Crippen LogP contribution >= 0.6 is 0 Å². The van der Waals surface area contributed by atoms with E-state index in [2.05, 4.69) is 10.6 Å². The van der Waals surface area contributed by atoms with Gasteiger partial charge in [-0.05, 0) is 51.6 Å². The molecule has 0 saturated carbocycles. The van der Waals surface area contributed by atoms with Crippen molar-refractivity contribution < 1.29 is 20.4 Å². The Hall–Kier alpha value is -0.240. The summed E-state index contributed by atoms with van der Waals surface area (Å²) in [4.78, 5) is 0. The number of aliphatic hydroxyl groups is 4. The Morgan fingerprint density at radius 1 is 0.500 bits per heavy atom. The van der Waals surface area contributed by atoms with Crippen LogP contribution in [0.3, 0.4) is 0 Å². The quantitative estimate of drug-likeness (QED) is 0.211. The molecule has 0 aromatic rings. The zero-order chi connectivity index (χ0) is 16.5. The topological polar surface area (TPSA) is 105 Å². The van der Waals surface area contributed by atoms with Crippen molar-refractivity contribution in [3.05, 3.63) is 0 Å². The minimum Gasteiger partial charge on any atom is -0.396 e. The highest BCUT2D eigenvalue weighted by Gasteiger charge is 2.07. The van der Waals surface area contributed by atoms with Gasteiger partial charge in [0.1, 0.15) is 0 Å². The zero-order valence-corrected chi connectivity index (χ0v) is 13.8. The van der Waals surface area contributed by atoms with Crippen LogP contribution in [-0.4, -0.2) is 72.0 Å². The van der Waals surface area contributed by atoms with E-state index < -0.39 is 0 Å². The van der Waals surface area contributed by atoms with Crippen LogP contribution in [0.1, 0.15) is 51.4 Å². The molecule has 0 aliphatic rings. The van der Waals surface area contributed by atoms with Crippen LogP contribution in [0, 0.1) is 0 Å². The number of unbranched alkanes of at least 4 members (excludes halogenated alkanes) is 3. The molecule has 0 aliphatic heterocycles. The summed E-state index contributed by atoms with van der Waals surface area (Å²) < 4.78 is 0. The SMILES string of the molecule is OCCC(CCO)NCCCCCCNC(CCO)CCO. The van der Waals surface area contributed by atoms with Gasteiger partial charge in [0.05, 0.1) is 0 Å². The minimum atomic E-state index is 0.159. The summed E-state index contributed by atoms with van der Waals surface area (Å²) in [6, 6.07) is 0.434. The summed E-state index contributed by atoms with van der Waals surface area (Å²) in [6.07, 6.45) is 7.30. The molecule has 0 fully saturated rings. The predicted molar refractivity (Wildman–Crippen MR) is 88.9 cm³/mol. The maximum Gasteiger partial charge on any atom is 0.0445 e. The first-order valence-corrected chi connectivity index (χ1v) is 8.68. The van der Waals surface area contributed by atoms with Gasteiger partial charge in [-0.25, -0.2) is 0 Å². The molecule has 0 unspecified atom stereocenters. The van der Waals surface area contributed by atoms with Gasteiger partial charge < -0.3 is 31.1 Å². The Bertz CT molecular complexity index is 186. The highest BCUT2D eigenvalue weighted by atomic mass is 16.3. The average Bonchev–Trinajstić information content (AvgIpc) is 2.50. The summed E-state index contributed by atoms with van der Waals surface area (Å²) >= 11 is 0. The van der Waals surface area contributed by atoms with Gasteiger partial charge in [-0.15, -0.1) is 0 Å². The lowest BCUT2D eigenvalue weighted by atomic mass is 10.1. The molecule has 0 atom stereocenters. The third-order valence-electron chi connectivity index (χ3n) is 3.88. The van der Waals surface area contributed by atoms with E-state index in [1.54, 1.807) is 0 Å². The molecule has 6 N–H and O–H groups in total. The second kappa shape index (κ2) is 17.1. The first-order valence-electron chi connectivity index (χ1n) is 8.68. The normalized spacial score (nSPS) is 11.7. The number of aliphatic hydroxyl groups excluding tert-OH is 4. The molecule has 0 aliphatic carbocycles. The summed E-state index contributed by atoms with van der Waals surface area (Å²) in [5.74, 6) is 0. The number of hydrogen-bond donors (Lipinski definition) is 6. The molecule has 0 amide bonds. The molecule has 0 saturated heterocycles. The number of hydrogen-bond acceptors (Lipinski definition) is 6. The fraction of sp³-hybridized carbons (Fsp3) is 1.00. The fourth-order valence-corrected chi connectivity index (χ4v) is 2.54. The minimum absolute atomic E-state index is 0.159. The maximum absolute atomic E-state index is 8.92. The Morgan fingerprint density at radius 3 is 1.09 bits per heavy atom. The Balaban J connectivity index is 3.44. The summed E-state index contributed by atoms with van der Waals surface area (Å²) in [5.41, 5.74) is 0. The van der Waals surface area contributed by atoms with Crippen molar-refractivity contribution >= 4 is 0 Å². The first kappa shape index (κ1) is 21.8. The first-order chi connectivity index (χ1) is 10.8. The van der Waals surface area contributed by atoms with E-state index in [1.807, 2.05) is 0 Å². The Morgan fingerprint density at radius 2 is 0.818 bits per heavy atom. The van der Waals surface area contributed by atoms with E-state index in [4.69, 9.17) is 20.4 Å². The molecular weight excluding hydrogens is 284 g/mol. The molecule has 6 heteroatoms. The second-order valence-corrected chi connectivity index (χ2v) is 5.77. The average molecular weight is 320 g/mol. The third kappa shape index (κ3) is 13.4. The molecule has 0 bridgehead atoms. The molecule has 0 heterocycles. The van der Waals surface area contributed by atoms with Crippen molar-refractivity contribution in [3.8, 4) is 0 Å². The van der Waals surface area contributed by atoms with E-state index in [0.29, 0.717) is 25.7 Å². The molecule has 134 valence electrons. The van der Waals surface area contributed by atoms with Crippen LogP contribution in [0.4, 0.5) is 0 Å². The van der Waals surface area contributed by atoms with Gasteiger partial charge in [-0.1, -0.05) is 12.8 Å². The monoisotopic (exact) mass is 320 g/mol. The summed E-state index contributed by atoms with van der Waals surface area (Å²) in [6.45, 7) is 2.49. The van der Waals surface area contributed by atoms with Gasteiger partial charge in [-0.3, -0.25) is 0 Å². The van der Waals surface area contributed by atoms with Crippen molar-refractivity contribution in [3.63, 3.8) is 0 Å². The van der Waals surface area contributed by atoms with E-state index in [9.17, 15) is 0 Å². The lowest BCUT2D eigenvalue weighted by Gasteiger charge is -2.17. The molecule has 0 radical (unpaired) electrons. The van der Waals surface area contributed by atoms with Gasteiger partial charge in [0.25, 0.3) is 0 Å². The van der Waals surface area contributed by atoms with E-state index in [-0.39, 0.29) is 38.5 Å². The van der Waals surface area contributed by atoms with Crippen LogP contribution in [0.5, 0.6) is 0 Å². The van der Waals surface area contributed by atoms with Crippen molar-refractivity contribution in [2.45, 2.75) is 63.5 Å². The second-order valence-electron chi connectivity index (χ2n) is 5.77. The maximum atomic E-state index is 8.92. The third-order valence-corrected chi connectivity index (χ3v) is 3.88. The van der Waals surface area contributed by atoms with Crippen LogP contribution < -0.4 is 10.6 Å². The lowest BCUT2D eigenvalue weighted by Crippen LogP contribution is -2.32. The van der Waals surface area contributed by atoms with Crippen molar-refractivity contribution in [1.82, 2.24) is 10.6 Å². The van der Waals surface area contributed by atoms with Gasteiger partial charge in [0.2, 0.25) is 0 Å². The Labute approximate surface area is 134 Å². The standard InChI is InChI=1S/C16H36N2O4/c19-11-5-15(6-12-20)17-9-3-1-2-4-10-18-16(7-13-21)8-14-22/h15-22H,1-14H2. The van der Waals surface area contributed by atoms with Crippen molar-refractivity contribution in [1.29, 1.82) is 0 Å². The van der Waals surface area contributed by atoms with Gasteiger partial charge >= 0.3 is 0 Å². The number of rotatable bonds is 17. The van der Waals surface area contributed by atoms with Crippen LogP contribution in [0.2, 0.25) is 0 Å². The number of nitrogens with one attached hydrogen (secondary N) is 2. The highest BCUT2D eigenvalue weighted by Crippen LogP contribution is 2.02. The van der Waals surface area contributed by atoms with Gasteiger partial charge in [0, 0.05) is 38.5 Å². The smallest absolute Gasteiger partial charge is 0.0445 e. The largest absolute Gasteiger partial charge is 0.396 e. The Kier molecular flexibility index (Phi) is 16.9. The zero-order valence-electron chi connectivity index (χ0n) is 13.8. The summed E-state index contributed by atoms with van der Waals surface area (Å²) in [5, 5.41) is 42.4. The van der Waals surface area contributed by atoms with Crippen LogP contribution in [0.15, 0.2) is 0 Å². The predicted octanol–water partition coefficient (Wildman–Crippen LogP) is -0.00720. The molecule has 6 nitrogen and oxygen atoms in total. The molecule has 0 aromatic carbocycles. The fourth-order valence-electron chi connectivity index (χ4n) is 2.54. The van der Waals surface area contributed by atoms with E-state index in [0.717, 1.165) is 38.8 Å². The molecule has 0 aromatic heterocycles. The molecule has 22 heavy (non-hydrogen) atoms. The van der Waals surface area contributed by atoms with Gasteiger partial charge in [0.15, 0.2) is 0 Å². The van der Waals surface area contributed by atoms with Crippen molar-refractivity contribution in [2.75, 3.05) is 39.5 Å². The van der Waals surface area contributed by atoms with Gasteiger partial charge in [-0.2, -0.15) is 0 Å². The summed E-state index contributed by atoms with van der Waals surface area (Å²) in [7, 11) is 0. The molecule has 0 rings (SSSR count). The highest BCUT2D eigenvalue weighted by molar-refractivity contribution is 4.67. The van der Waals surface area contributed by atoms with E-state index >= 15 is 0 Å². The lowest BCUT2D eigenvalue weighted by molar-refractivity contribution is 0.225. The van der Waals surface area contributed by atoms with E-state index in [1.165, 1.54) is 0 Å². The van der Waals surface area contributed by atoms with Crippen LogP contribution in [-0.2, 0) is 0 Å². The van der Waals surface area contributed by atoms with Crippen LogP contribution in [0.25, 0.3) is 0 Å². The molecular formula is C16H36N2O4.